The van der Waals surface area contributed by atoms with Crippen molar-refractivity contribution in [3.8, 4) is 11.5 Å². The topological polar surface area (TPSA) is 41.9 Å². The van der Waals surface area contributed by atoms with Crippen molar-refractivity contribution >= 4 is 12.4 Å². The van der Waals surface area contributed by atoms with Crippen molar-refractivity contribution in [1.29, 1.82) is 0 Å². The Kier molecular flexibility index (Phi) is 13.8. The number of nitrogens with zero attached hydrogens (tertiary/aromatic N) is 1. The maximum atomic E-state index is 11.1. The van der Waals surface area contributed by atoms with Crippen LogP contribution in [-0.4, -0.2) is 41.9 Å². The second kappa shape index (κ2) is 15.7. The zero-order chi connectivity index (χ0) is 27.0. The Balaban J connectivity index is 0.00000507. The molecule has 2 aliphatic rings. The van der Waals surface area contributed by atoms with Gasteiger partial charge in [-0.05, 0) is 75.3 Å². The molecule has 2 heterocycles. The summed E-state index contributed by atoms with van der Waals surface area (Å²) >= 11 is 0. The first-order valence-corrected chi connectivity index (χ1v) is 15.4. The molecule has 0 unspecified atom stereocenters. The Morgan fingerprint density at radius 2 is 1.45 bits per heavy atom. The smallest absolute Gasteiger partial charge is 0.127 e. The van der Waals surface area contributed by atoms with E-state index < -0.39 is 0 Å². The van der Waals surface area contributed by atoms with E-state index in [9.17, 15) is 5.11 Å². The molecule has 1 N–H and O–H groups in total. The van der Waals surface area contributed by atoms with Crippen molar-refractivity contribution in [3.63, 3.8) is 0 Å². The third-order valence-electron chi connectivity index (χ3n) is 9.20. The van der Waals surface area contributed by atoms with Crippen LogP contribution < -0.4 is 4.74 Å². The largest absolute Gasteiger partial charge is 0.507 e. The van der Waals surface area contributed by atoms with Crippen molar-refractivity contribution < 1.29 is 14.6 Å². The highest BCUT2D eigenvalue weighted by Gasteiger charge is 2.35. The van der Waals surface area contributed by atoms with Crippen LogP contribution in [0, 0.1) is 31.6 Å². The van der Waals surface area contributed by atoms with Crippen LogP contribution in [0.5, 0.6) is 11.5 Å². The van der Waals surface area contributed by atoms with Gasteiger partial charge >= 0.3 is 0 Å². The highest BCUT2D eigenvalue weighted by molar-refractivity contribution is 5.85. The van der Waals surface area contributed by atoms with Gasteiger partial charge in [-0.2, -0.15) is 0 Å². The van der Waals surface area contributed by atoms with E-state index in [0.29, 0.717) is 5.75 Å². The molecular weight excluding hydrogens is 494 g/mol. The molecule has 1 aromatic rings. The molecule has 2 aliphatic heterocycles. The molecule has 0 saturated carbocycles. The summed E-state index contributed by atoms with van der Waals surface area (Å²) in [5.74, 6) is 4.03. The molecule has 1 fully saturated rings. The number of phenolic OH excluding ortho intramolecular Hbond substituents is 1. The van der Waals surface area contributed by atoms with Crippen molar-refractivity contribution in [2.75, 3.05) is 26.3 Å². The Morgan fingerprint density at radius 3 is 2.05 bits per heavy atom. The Hall–Kier alpha value is -0.970. The molecule has 0 bridgehead atoms. The van der Waals surface area contributed by atoms with E-state index in [1.165, 1.54) is 56.9 Å². The van der Waals surface area contributed by atoms with Crippen LogP contribution in [0.2, 0.25) is 0 Å². The van der Waals surface area contributed by atoms with Crippen LogP contribution >= 0.6 is 12.4 Å². The van der Waals surface area contributed by atoms with E-state index in [4.69, 9.17) is 9.47 Å². The van der Waals surface area contributed by atoms with Crippen LogP contribution in [0.25, 0.3) is 0 Å². The lowest BCUT2D eigenvalue weighted by atomic mass is 9.83. The normalized spacial score (nSPS) is 21.5. The Morgan fingerprint density at radius 1 is 0.868 bits per heavy atom. The third-order valence-corrected chi connectivity index (χ3v) is 9.20. The third kappa shape index (κ3) is 9.59. The lowest BCUT2D eigenvalue weighted by Crippen LogP contribution is -2.38. The summed E-state index contributed by atoms with van der Waals surface area (Å²) in [6, 6.07) is 0. The quantitative estimate of drug-likeness (QED) is 0.251. The summed E-state index contributed by atoms with van der Waals surface area (Å²) in [5, 5.41) is 11.1. The van der Waals surface area contributed by atoms with Gasteiger partial charge in [0, 0.05) is 30.8 Å². The molecule has 0 aliphatic carbocycles. The molecule has 3 rings (SSSR count). The van der Waals surface area contributed by atoms with Gasteiger partial charge in [0.1, 0.15) is 17.1 Å². The highest BCUT2D eigenvalue weighted by atomic mass is 35.5. The van der Waals surface area contributed by atoms with E-state index >= 15 is 0 Å². The lowest BCUT2D eigenvalue weighted by molar-refractivity contribution is 0.0324. The van der Waals surface area contributed by atoms with Crippen LogP contribution in [-0.2, 0) is 17.7 Å². The SMILES string of the molecule is Cc1c(C)c2c(c(CN3CCOCC3)c1O)CC[C@@](C)(CCC[C@H](C)CCC[C@H](C)CCCC(C)C)O2.Cl. The molecule has 0 amide bonds. The minimum atomic E-state index is -0.109. The summed E-state index contributed by atoms with van der Waals surface area (Å²) in [5.41, 5.74) is 4.29. The minimum absolute atomic E-state index is 0. The minimum Gasteiger partial charge on any atom is -0.507 e. The summed E-state index contributed by atoms with van der Waals surface area (Å²) in [4.78, 5) is 2.40. The number of halogens is 1. The van der Waals surface area contributed by atoms with Crippen molar-refractivity contribution in [2.45, 2.75) is 131 Å². The summed E-state index contributed by atoms with van der Waals surface area (Å²) in [6.07, 6.45) is 13.9. The number of rotatable bonds is 14. The fourth-order valence-corrected chi connectivity index (χ4v) is 6.30. The van der Waals surface area contributed by atoms with E-state index in [1.54, 1.807) is 0 Å². The first-order valence-electron chi connectivity index (χ1n) is 15.4. The number of benzene rings is 1. The van der Waals surface area contributed by atoms with E-state index in [1.807, 2.05) is 6.92 Å². The monoisotopic (exact) mass is 551 g/mol. The van der Waals surface area contributed by atoms with Crippen molar-refractivity contribution in [3.05, 3.63) is 22.3 Å². The molecule has 0 spiro atoms. The zero-order valence-corrected chi connectivity index (χ0v) is 26.5. The first kappa shape index (κ1) is 33.2. The van der Waals surface area contributed by atoms with Gasteiger partial charge in [0.05, 0.1) is 13.2 Å². The molecule has 38 heavy (non-hydrogen) atoms. The van der Waals surface area contributed by atoms with Gasteiger partial charge in [0.25, 0.3) is 0 Å². The number of aromatic hydroxyl groups is 1. The van der Waals surface area contributed by atoms with Gasteiger partial charge < -0.3 is 14.6 Å². The summed E-state index contributed by atoms with van der Waals surface area (Å²) in [6.45, 7) is 20.2. The highest BCUT2D eigenvalue weighted by Crippen LogP contribution is 2.45. The van der Waals surface area contributed by atoms with Gasteiger partial charge in [-0.15, -0.1) is 12.4 Å². The second-order valence-electron chi connectivity index (χ2n) is 13.2. The van der Waals surface area contributed by atoms with E-state index in [2.05, 4.69) is 46.4 Å². The molecule has 4 nitrogen and oxygen atoms in total. The molecule has 3 atom stereocenters. The predicted octanol–water partition coefficient (Wildman–Crippen LogP) is 8.79. The van der Waals surface area contributed by atoms with Crippen LogP contribution in [0.1, 0.15) is 121 Å². The Labute approximate surface area is 240 Å². The molecule has 0 radical (unpaired) electrons. The molecule has 1 saturated heterocycles. The van der Waals surface area contributed by atoms with E-state index in [-0.39, 0.29) is 18.0 Å². The molecule has 0 aromatic heterocycles. The van der Waals surface area contributed by atoms with Crippen LogP contribution in [0.4, 0.5) is 0 Å². The number of phenols is 1. The summed E-state index contributed by atoms with van der Waals surface area (Å²) in [7, 11) is 0. The maximum absolute atomic E-state index is 11.1. The average Bonchev–Trinajstić information content (AvgIpc) is 2.86. The number of hydrogen-bond donors (Lipinski definition) is 1. The lowest BCUT2D eigenvalue weighted by Gasteiger charge is -2.39. The number of ether oxygens (including phenoxy) is 2. The zero-order valence-electron chi connectivity index (χ0n) is 25.7. The van der Waals surface area contributed by atoms with Gasteiger partial charge in [0.2, 0.25) is 0 Å². The average molecular weight is 552 g/mol. The van der Waals surface area contributed by atoms with Crippen LogP contribution in [0.15, 0.2) is 0 Å². The predicted molar refractivity (Wildman–Crippen MR) is 163 cm³/mol. The van der Waals surface area contributed by atoms with Crippen LogP contribution in [0.3, 0.4) is 0 Å². The standard InChI is InChI=1S/C33H57NO3.ClH/c1-24(2)11-8-12-25(3)13-9-14-26(4)15-10-17-33(7)18-16-29-30(23-34-19-21-36-22-20-34)31(35)27(5)28(6)32(29)37-33;/h24-26,35H,8-23H2,1-7H3;1H/t25-,26-,33-;/m1./s1. The number of morpholine rings is 1. The summed E-state index contributed by atoms with van der Waals surface area (Å²) < 4.78 is 12.3. The van der Waals surface area contributed by atoms with Crippen molar-refractivity contribution in [1.82, 2.24) is 4.90 Å². The maximum Gasteiger partial charge on any atom is 0.127 e. The van der Waals surface area contributed by atoms with Gasteiger partial charge in [0.15, 0.2) is 0 Å². The van der Waals surface area contributed by atoms with E-state index in [0.717, 1.165) is 92.3 Å². The van der Waals surface area contributed by atoms with Gasteiger partial charge in [-0.25, -0.2) is 0 Å². The number of hydrogen-bond acceptors (Lipinski definition) is 4. The van der Waals surface area contributed by atoms with Gasteiger partial charge in [-0.3, -0.25) is 4.90 Å². The van der Waals surface area contributed by atoms with Crippen molar-refractivity contribution in [2.24, 2.45) is 17.8 Å². The Bertz CT molecular complexity index is 851. The molecule has 5 heteroatoms. The number of fused-ring (bicyclic) bond motifs is 1. The fraction of sp³-hybridized carbons (Fsp3) is 0.818. The first-order chi connectivity index (χ1) is 17.6. The second-order valence-corrected chi connectivity index (χ2v) is 13.2. The molecule has 1 aromatic carbocycles. The molecular formula is C33H58ClNO3. The molecule has 220 valence electrons. The fourth-order valence-electron chi connectivity index (χ4n) is 6.30. The van der Waals surface area contributed by atoms with Gasteiger partial charge in [-0.1, -0.05) is 72.6 Å².